The second kappa shape index (κ2) is 8.09. The number of hydrogen-bond acceptors (Lipinski definition) is 5. The summed E-state index contributed by atoms with van der Waals surface area (Å²) in [7, 11) is 0. The Labute approximate surface area is 155 Å². The number of carbonyl (C=O) groups excluding carboxylic acids is 2. The van der Waals surface area contributed by atoms with E-state index < -0.39 is 18.0 Å². The monoisotopic (exact) mass is 363 g/mol. The lowest BCUT2D eigenvalue weighted by Gasteiger charge is -2.15. The van der Waals surface area contributed by atoms with Gasteiger partial charge in [-0.15, -0.1) is 0 Å². The quantitative estimate of drug-likeness (QED) is 0.671. The Hall–Kier alpha value is -3.74. The van der Waals surface area contributed by atoms with Gasteiger partial charge in [0.15, 0.2) is 5.69 Å². The first kappa shape index (κ1) is 18.1. The van der Waals surface area contributed by atoms with Crippen LogP contribution in [0.4, 0.5) is 0 Å². The first-order valence-electron chi connectivity index (χ1n) is 8.22. The molecular formula is C20H17N3O4. The topological polar surface area (TPSA) is 104 Å². The van der Waals surface area contributed by atoms with Crippen molar-refractivity contribution in [2.75, 3.05) is 0 Å². The molecule has 1 heterocycles. The summed E-state index contributed by atoms with van der Waals surface area (Å²) in [4.78, 5) is 36.2. The number of primary amides is 1. The first-order chi connectivity index (χ1) is 13.0. The van der Waals surface area contributed by atoms with E-state index in [-0.39, 0.29) is 17.8 Å². The summed E-state index contributed by atoms with van der Waals surface area (Å²) in [5.41, 5.74) is 6.23. The van der Waals surface area contributed by atoms with Crippen LogP contribution < -0.4 is 11.3 Å². The summed E-state index contributed by atoms with van der Waals surface area (Å²) < 4.78 is 6.40. The predicted molar refractivity (Wildman–Crippen MR) is 97.8 cm³/mol. The third-order valence-electron chi connectivity index (χ3n) is 3.84. The minimum absolute atomic E-state index is 0.0901. The van der Waals surface area contributed by atoms with Crippen molar-refractivity contribution < 1.29 is 14.3 Å². The highest BCUT2D eigenvalue weighted by Crippen LogP contribution is 2.18. The van der Waals surface area contributed by atoms with Crippen LogP contribution in [0.2, 0.25) is 0 Å². The lowest BCUT2D eigenvalue weighted by atomic mass is 10.1. The summed E-state index contributed by atoms with van der Waals surface area (Å²) in [5, 5.41) is 4.05. The van der Waals surface area contributed by atoms with E-state index >= 15 is 0 Å². The van der Waals surface area contributed by atoms with Crippen molar-refractivity contribution >= 4 is 11.9 Å². The lowest BCUT2D eigenvalue weighted by molar-refractivity contribution is -0.127. The Kier molecular flexibility index (Phi) is 5.41. The molecule has 1 aromatic heterocycles. The molecule has 0 bridgehead atoms. The third-order valence-corrected chi connectivity index (χ3v) is 3.84. The average Bonchev–Trinajstić information content (AvgIpc) is 2.69. The van der Waals surface area contributed by atoms with Crippen molar-refractivity contribution in [3.63, 3.8) is 0 Å². The van der Waals surface area contributed by atoms with Crippen LogP contribution in [-0.4, -0.2) is 21.7 Å². The summed E-state index contributed by atoms with van der Waals surface area (Å²) in [6.07, 6.45) is -1.24. The molecule has 0 aliphatic heterocycles. The molecule has 0 saturated carbocycles. The van der Waals surface area contributed by atoms with E-state index in [1.54, 1.807) is 30.3 Å². The molecule has 0 aliphatic carbocycles. The van der Waals surface area contributed by atoms with Crippen LogP contribution in [0.1, 0.15) is 27.7 Å². The van der Waals surface area contributed by atoms with Gasteiger partial charge in [0.2, 0.25) is 6.10 Å². The van der Waals surface area contributed by atoms with E-state index in [4.69, 9.17) is 10.5 Å². The summed E-state index contributed by atoms with van der Waals surface area (Å²) >= 11 is 0. The lowest BCUT2D eigenvalue weighted by Crippen LogP contribution is -2.29. The number of ether oxygens (including phenoxy) is 1. The van der Waals surface area contributed by atoms with Crippen molar-refractivity contribution in [2.45, 2.75) is 12.6 Å². The number of esters is 1. The van der Waals surface area contributed by atoms with E-state index in [1.165, 1.54) is 12.1 Å². The van der Waals surface area contributed by atoms with Gasteiger partial charge in [0.05, 0.1) is 6.54 Å². The normalized spacial score (nSPS) is 11.6. The molecule has 1 atom stereocenters. The van der Waals surface area contributed by atoms with Gasteiger partial charge < -0.3 is 10.5 Å². The van der Waals surface area contributed by atoms with Crippen molar-refractivity contribution in [3.05, 3.63) is 100.0 Å². The highest BCUT2D eigenvalue weighted by molar-refractivity contribution is 5.90. The van der Waals surface area contributed by atoms with Crippen LogP contribution in [0.25, 0.3) is 0 Å². The number of nitrogens with two attached hydrogens (primary N) is 1. The molecule has 0 aliphatic rings. The minimum Gasteiger partial charge on any atom is -0.443 e. The van der Waals surface area contributed by atoms with Gasteiger partial charge in [-0.25, -0.2) is 9.48 Å². The van der Waals surface area contributed by atoms with Crippen LogP contribution in [0.3, 0.4) is 0 Å². The van der Waals surface area contributed by atoms with E-state index in [2.05, 4.69) is 5.10 Å². The van der Waals surface area contributed by atoms with Crippen LogP contribution in [0.15, 0.2) is 77.6 Å². The number of amides is 1. The largest absolute Gasteiger partial charge is 0.443 e. The zero-order chi connectivity index (χ0) is 19.2. The number of benzene rings is 2. The highest BCUT2D eigenvalue weighted by Gasteiger charge is 2.24. The minimum atomic E-state index is -1.24. The first-order valence-corrected chi connectivity index (χ1v) is 8.22. The molecule has 0 fully saturated rings. The Morgan fingerprint density at radius 1 is 0.963 bits per heavy atom. The second-order valence-electron chi connectivity index (χ2n) is 5.80. The molecule has 2 aromatic carbocycles. The van der Waals surface area contributed by atoms with Gasteiger partial charge in [0, 0.05) is 11.6 Å². The van der Waals surface area contributed by atoms with Gasteiger partial charge in [0.25, 0.3) is 11.5 Å². The standard InChI is InChI=1S/C20H17N3O4/c21-19(25)18(15-9-5-2-6-10-15)27-20(26)16-11-12-17(24)23(22-16)13-14-7-3-1-4-8-14/h1-12,18H,13H2,(H2,21,25)/t18-/m0/s1. The zero-order valence-corrected chi connectivity index (χ0v) is 14.3. The van der Waals surface area contributed by atoms with E-state index in [9.17, 15) is 14.4 Å². The Morgan fingerprint density at radius 3 is 2.22 bits per heavy atom. The van der Waals surface area contributed by atoms with Gasteiger partial charge >= 0.3 is 5.97 Å². The van der Waals surface area contributed by atoms with Crippen LogP contribution in [0, 0.1) is 0 Å². The molecule has 3 rings (SSSR count). The molecule has 0 unspecified atom stereocenters. The molecule has 0 radical (unpaired) electrons. The maximum atomic E-state index is 12.4. The molecule has 1 amide bonds. The van der Waals surface area contributed by atoms with E-state index in [0.29, 0.717) is 5.56 Å². The molecule has 27 heavy (non-hydrogen) atoms. The fourth-order valence-electron chi connectivity index (χ4n) is 2.51. The second-order valence-corrected chi connectivity index (χ2v) is 5.80. The molecule has 136 valence electrons. The van der Waals surface area contributed by atoms with Crippen molar-refractivity contribution in [2.24, 2.45) is 5.73 Å². The number of carbonyl (C=O) groups is 2. The smallest absolute Gasteiger partial charge is 0.359 e. The predicted octanol–water partition coefficient (Wildman–Crippen LogP) is 1.67. The molecule has 0 saturated heterocycles. The Bertz CT molecular complexity index is 1000. The molecule has 0 spiro atoms. The third kappa shape index (κ3) is 4.46. The number of rotatable bonds is 6. The van der Waals surface area contributed by atoms with Crippen LogP contribution >= 0.6 is 0 Å². The number of aromatic nitrogens is 2. The highest BCUT2D eigenvalue weighted by atomic mass is 16.5. The number of hydrogen-bond donors (Lipinski definition) is 1. The number of nitrogens with zero attached hydrogens (tertiary/aromatic N) is 2. The van der Waals surface area contributed by atoms with Gasteiger partial charge in [-0.2, -0.15) is 5.10 Å². The molecule has 7 nitrogen and oxygen atoms in total. The summed E-state index contributed by atoms with van der Waals surface area (Å²) in [6.45, 7) is 0.207. The van der Waals surface area contributed by atoms with E-state index in [1.807, 2.05) is 30.3 Å². The summed E-state index contributed by atoms with van der Waals surface area (Å²) in [6, 6.07) is 20.2. The van der Waals surface area contributed by atoms with Gasteiger partial charge in [-0.1, -0.05) is 60.7 Å². The van der Waals surface area contributed by atoms with Gasteiger partial charge in [-0.05, 0) is 11.6 Å². The van der Waals surface area contributed by atoms with Crippen molar-refractivity contribution in [1.82, 2.24) is 9.78 Å². The molecule has 3 aromatic rings. The maximum absolute atomic E-state index is 12.4. The Morgan fingerprint density at radius 2 is 1.59 bits per heavy atom. The molecule has 2 N–H and O–H groups in total. The zero-order valence-electron chi connectivity index (χ0n) is 14.3. The van der Waals surface area contributed by atoms with Crippen LogP contribution in [-0.2, 0) is 16.1 Å². The fourth-order valence-corrected chi connectivity index (χ4v) is 2.51. The van der Waals surface area contributed by atoms with Crippen molar-refractivity contribution in [1.29, 1.82) is 0 Å². The fraction of sp³-hybridized carbons (Fsp3) is 0.100. The average molecular weight is 363 g/mol. The van der Waals surface area contributed by atoms with E-state index in [0.717, 1.165) is 10.2 Å². The van der Waals surface area contributed by atoms with Crippen molar-refractivity contribution in [3.8, 4) is 0 Å². The van der Waals surface area contributed by atoms with Gasteiger partial charge in [0.1, 0.15) is 0 Å². The Balaban J connectivity index is 1.83. The maximum Gasteiger partial charge on any atom is 0.359 e. The molecular weight excluding hydrogens is 346 g/mol. The SMILES string of the molecule is NC(=O)[C@@H](OC(=O)c1ccc(=O)n(Cc2ccccc2)n1)c1ccccc1. The van der Waals surface area contributed by atoms with Gasteiger partial charge in [-0.3, -0.25) is 9.59 Å². The molecule has 7 heteroatoms. The summed E-state index contributed by atoms with van der Waals surface area (Å²) in [5.74, 6) is -1.64. The van der Waals surface area contributed by atoms with Crippen LogP contribution in [0.5, 0.6) is 0 Å².